The Morgan fingerprint density at radius 1 is 1.33 bits per heavy atom. The Morgan fingerprint density at radius 3 is 2.44 bits per heavy atom. The van der Waals surface area contributed by atoms with Gasteiger partial charge in [0, 0.05) is 22.8 Å². The lowest BCUT2D eigenvalue weighted by atomic mass is 10.2. The van der Waals surface area contributed by atoms with E-state index in [0.29, 0.717) is 27.1 Å². The van der Waals surface area contributed by atoms with E-state index >= 15 is 0 Å². The Bertz CT molecular complexity index is 589. The summed E-state index contributed by atoms with van der Waals surface area (Å²) in [5, 5.41) is 7.43. The first-order valence-corrected chi connectivity index (χ1v) is 5.78. The van der Waals surface area contributed by atoms with Crippen LogP contribution in [-0.4, -0.2) is 15.7 Å². The molecule has 0 aliphatic carbocycles. The predicted molar refractivity (Wildman–Crippen MR) is 72.0 cm³/mol. The fourth-order valence-corrected chi connectivity index (χ4v) is 1.97. The third-order valence-corrected chi connectivity index (χ3v) is 2.79. The molecule has 5 nitrogen and oxygen atoms in total. The number of rotatable bonds is 2. The number of halogens is 2. The second kappa shape index (κ2) is 4.88. The monoisotopic (exact) mass is 284 g/mol. The molecule has 1 heterocycles. The Morgan fingerprint density at radius 2 is 1.94 bits per heavy atom. The largest absolute Gasteiger partial charge is 0.383 e. The molecule has 0 saturated carbocycles. The number of benzene rings is 1. The summed E-state index contributed by atoms with van der Waals surface area (Å²) in [6.07, 6.45) is 1.40. The number of anilines is 2. The molecule has 94 valence electrons. The number of hydrogen-bond donors (Lipinski definition) is 2. The van der Waals surface area contributed by atoms with Crippen molar-refractivity contribution in [1.82, 2.24) is 9.78 Å². The van der Waals surface area contributed by atoms with Gasteiger partial charge in [0.2, 0.25) is 0 Å². The molecule has 0 atom stereocenters. The van der Waals surface area contributed by atoms with Crippen molar-refractivity contribution in [2.45, 2.75) is 0 Å². The van der Waals surface area contributed by atoms with Crippen molar-refractivity contribution in [3.63, 3.8) is 0 Å². The molecule has 0 saturated heterocycles. The standard InChI is InChI=1S/C11H10Cl2N4O/c1-17-10(14)9(5-15-17)11(18)16-8-3-6(12)2-7(13)4-8/h2-5H,14H2,1H3,(H,16,18). The van der Waals surface area contributed by atoms with Crippen LogP contribution in [-0.2, 0) is 7.05 Å². The molecule has 1 amide bonds. The number of hydrogen-bond acceptors (Lipinski definition) is 3. The lowest BCUT2D eigenvalue weighted by molar-refractivity contribution is 0.102. The van der Waals surface area contributed by atoms with Gasteiger partial charge in [-0.05, 0) is 18.2 Å². The molecule has 3 N–H and O–H groups in total. The zero-order valence-electron chi connectivity index (χ0n) is 9.45. The van der Waals surface area contributed by atoms with Gasteiger partial charge in [0.05, 0.1) is 6.20 Å². The number of nitrogens with zero attached hydrogens (tertiary/aromatic N) is 2. The minimum absolute atomic E-state index is 0.292. The van der Waals surface area contributed by atoms with E-state index in [1.807, 2.05) is 0 Å². The van der Waals surface area contributed by atoms with Crippen LogP contribution in [0, 0.1) is 0 Å². The Kier molecular flexibility index (Phi) is 3.45. The van der Waals surface area contributed by atoms with Gasteiger partial charge in [-0.2, -0.15) is 5.10 Å². The topological polar surface area (TPSA) is 72.9 Å². The van der Waals surface area contributed by atoms with Crippen molar-refractivity contribution in [2.24, 2.45) is 7.05 Å². The summed E-state index contributed by atoms with van der Waals surface area (Å²) in [6, 6.07) is 4.77. The molecular formula is C11H10Cl2N4O. The average Bonchev–Trinajstić information content (AvgIpc) is 2.58. The summed E-state index contributed by atoms with van der Waals surface area (Å²) in [4.78, 5) is 11.9. The van der Waals surface area contributed by atoms with E-state index in [0.717, 1.165) is 0 Å². The number of aromatic nitrogens is 2. The smallest absolute Gasteiger partial charge is 0.261 e. The minimum atomic E-state index is -0.362. The number of carbonyl (C=O) groups excluding carboxylic acids is 1. The maximum absolute atomic E-state index is 11.9. The van der Waals surface area contributed by atoms with Gasteiger partial charge in [-0.3, -0.25) is 9.48 Å². The third kappa shape index (κ3) is 2.57. The van der Waals surface area contributed by atoms with Gasteiger partial charge in [-0.25, -0.2) is 0 Å². The zero-order chi connectivity index (χ0) is 13.3. The fourth-order valence-electron chi connectivity index (χ4n) is 1.45. The van der Waals surface area contributed by atoms with Crippen LogP contribution < -0.4 is 11.1 Å². The number of carbonyl (C=O) groups is 1. The molecule has 1 aromatic carbocycles. The van der Waals surface area contributed by atoms with E-state index in [1.54, 1.807) is 25.2 Å². The second-order valence-corrected chi connectivity index (χ2v) is 4.55. The number of amides is 1. The summed E-state index contributed by atoms with van der Waals surface area (Å²) in [7, 11) is 1.66. The van der Waals surface area contributed by atoms with E-state index in [9.17, 15) is 4.79 Å². The molecule has 1 aromatic heterocycles. The first kappa shape index (κ1) is 12.7. The van der Waals surface area contributed by atoms with Gasteiger partial charge in [-0.15, -0.1) is 0 Å². The van der Waals surface area contributed by atoms with Gasteiger partial charge < -0.3 is 11.1 Å². The molecule has 2 rings (SSSR count). The zero-order valence-corrected chi connectivity index (χ0v) is 11.0. The first-order chi connectivity index (χ1) is 8.47. The van der Waals surface area contributed by atoms with Crippen LogP contribution in [0.3, 0.4) is 0 Å². The van der Waals surface area contributed by atoms with E-state index in [4.69, 9.17) is 28.9 Å². The Balaban J connectivity index is 2.24. The highest BCUT2D eigenvalue weighted by Gasteiger charge is 2.14. The van der Waals surface area contributed by atoms with E-state index in [2.05, 4.69) is 10.4 Å². The normalized spacial score (nSPS) is 10.4. The molecule has 0 unspecified atom stereocenters. The van der Waals surface area contributed by atoms with Gasteiger partial charge in [0.1, 0.15) is 11.4 Å². The highest BCUT2D eigenvalue weighted by molar-refractivity contribution is 6.35. The van der Waals surface area contributed by atoms with Crippen LogP contribution in [0.25, 0.3) is 0 Å². The molecule has 0 spiro atoms. The van der Waals surface area contributed by atoms with Crippen molar-refractivity contribution in [2.75, 3.05) is 11.1 Å². The van der Waals surface area contributed by atoms with E-state index in [1.165, 1.54) is 10.9 Å². The van der Waals surface area contributed by atoms with Gasteiger partial charge in [0.25, 0.3) is 5.91 Å². The lowest BCUT2D eigenvalue weighted by Gasteiger charge is -2.05. The molecule has 18 heavy (non-hydrogen) atoms. The number of nitrogen functional groups attached to an aromatic ring is 1. The van der Waals surface area contributed by atoms with Crippen molar-refractivity contribution in [3.05, 3.63) is 40.0 Å². The summed E-state index contributed by atoms with van der Waals surface area (Å²) in [5.41, 5.74) is 6.50. The minimum Gasteiger partial charge on any atom is -0.383 e. The molecule has 2 aromatic rings. The van der Waals surface area contributed by atoms with Crippen LogP contribution in [0.5, 0.6) is 0 Å². The van der Waals surface area contributed by atoms with Crippen LogP contribution in [0.1, 0.15) is 10.4 Å². The average molecular weight is 285 g/mol. The second-order valence-electron chi connectivity index (χ2n) is 3.68. The predicted octanol–water partition coefficient (Wildman–Crippen LogP) is 2.56. The number of aryl methyl sites for hydroxylation is 1. The number of nitrogens with two attached hydrogens (primary N) is 1. The summed E-state index contributed by atoms with van der Waals surface area (Å²) in [6.45, 7) is 0. The fraction of sp³-hybridized carbons (Fsp3) is 0.0909. The van der Waals surface area contributed by atoms with Crippen molar-refractivity contribution in [1.29, 1.82) is 0 Å². The number of nitrogens with one attached hydrogen (secondary N) is 1. The van der Waals surface area contributed by atoms with Gasteiger partial charge >= 0.3 is 0 Å². The molecule has 0 aliphatic rings. The molecule has 0 aliphatic heterocycles. The molecule has 0 radical (unpaired) electrons. The molecule has 0 fully saturated rings. The maximum Gasteiger partial charge on any atom is 0.261 e. The van der Waals surface area contributed by atoms with Crippen LogP contribution in [0.15, 0.2) is 24.4 Å². The van der Waals surface area contributed by atoms with Crippen LogP contribution in [0.2, 0.25) is 10.0 Å². The van der Waals surface area contributed by atoms with Gasteiger partial charge in [0.15, 0.2) is 0 Å². The lowest BCUT2D eigenvalue weighted by Crippen LogP contribution is -2.13. The highest BCUT2D eigenvalue weighted by Crippen LogP contribution is 2.23. The molecule has 7 heteroatoms. The summed E-state index contributed by atoms with van der Waals surface area (Å²) >= 11 is 11.7. The summed E-state index contributed by atoms with van der Waals surface area (Å²) < 4.78 is 1.42. The Labute approximate surface area is 113 Å². The quantitative estimate of drug-likeness (QED) is 0.890. The third-order valence-electron chi connectivity index (χ3n) is 2.35. The Hall–Kier alpha value is -1.72. The van der Waals surface area contributed by atoms with Gasteiger partial charge in [-0.1, -0.05) is 23.2 Å². The maximum atomic E-state index is 11.9. The van der Waals surface area contributed by atoms with Crippen molar-refractivity contribution >= 4 is 40.6 Å². The summed E-state index contributed by atoms with van der Waals surface area (Å²) in [5.74, 6) is -0.0699. The SMILES string of the molecule is Cn1ncc(C(=O)Nc2cc(Cl)cc(Cl)c2)c1N. The highest BCUT2D eigenvalue weighted by atomic mass is 35.5. The van der Waals surface area contributed by atoms with Crippen molar-refractivity contribution < 1.29 is 4.79 Å². The van der Waals surface area contributed by atoms with E-state index < -0.39 is 0 Å². The van der Waals surface area contributed by atoms with Crippen molar-refractivity contribution in [3.8, 4) is 0 Å². The van der Waals surface area contributed by atoms with E-state index in [-0.39, 0.29) is 5.91 Å². The van der Waals surface area contributed by atoms with Crippen LogP contribution >= 0.6 is 23.2 Å². The molecule has 0 bridgehead atoms. The first-order valence-electron chi connectivity index (χ1n) is 5.02. The van der Waals surface area contributed by atoms with Crippen LogP contribution in [0.4, 0.5) is 11.5 Å². The molecular weight excluding hydrogens is 275 g/mol.